The van der Waals surface area contributed by atoms with Crippen LogP contribution in [-0.2, 0) is 0 Å². The van der Waals surface area contributed by atoms with E-state index in [0.29, 0.717) is 11.6 Å². The molecule has 3 aromatic rings. The number of aromatic nitrogens is 2. The standard InChI is InChI=1S/C22H17N5/c1-13(18-12-25-19-5-3-2-4-17(18)19)22(21-9-14-8-20(14)27-21)26-15-6-7-24-16(10-15)11-23/h2-7,9-10,12,14,22,25H,1,8H2,(H,24,26). The molecule has 2 aliphatic rings. The van der Waals surface area contributed by atoms with Gasteiger partial charge < -0.3 is 10.3 Å². The molecule has 0 bridgehead atoms. The quantitative estimate of drug-likeness (QED) is 0.720. The zero-order chi connectivity index (χ0) is 18.4. The SMILES string of the molecule is C=C(c1c[nH]c2ccccc12)C(Nc1ccnc(C#N)c1)C1=CC2CC2=N1. The normalized spacial score (nSPS) is 18.3. The first-order chi connectivity index (χ1) is 13.2. The van der Waals surface area contributed by atoms with Crippen molar-refractivity contribution in [1.29, 1.82) is 5.26 Å². The van der Waals surface area contributed by atoms with Crippen molar-refractivity contribution in [3.05, 3.63) is 78.4 Å². The summed E-state index contributed by atoms with van der Waals surface area (Å²) in [5.74, 6) is 0.493. The molecule has 2 N–H and O–H groups in total. The maximum atomic E-state index is 9.13. The van der Waals surface area contributed by atoms with Crippen molar-refractivity contribution >= 4 is 27.9 Å². The molecule has 5 heteroatoms. The Hall–Kier alpha value is -3.65. The van der Waals surface area contributed by atoms with Gasteiger partial charge in [0.2, 0.25) is 0 Å². The number of allylic oxidation sites excluding steroid dienone is 1. The fourth-order valence-corrected chi connectivity index (χ4v) is 3.60. The second-order valence-corrected chi connectivity index (χ2v) is 6.90. The summed E-state index contributed by atoms with van der Waals surface area (Å²) in [6.45, 7) is 4.40. The first-order valence-corrected chi connectivity index (χ1v) is 8.90. The molecule has 3 heterocycles. The summed E-state index contributed by atoms with van der Waals surface area (Å²) in [7, 11) is 0. The van der Waals surface area contributed by atoms with Gasteiger partial charge in [-0.1, -0.05) is 30.9 Å². The number of aromatic amines is 1. The molecule has 0 radical (unpaired) electrons. The van der Waals surface area contributed by atoms with E-state index in [0.717, 1.165) is 39.8 Å². The number of H-pyrrole nitrogens is 1. The van der Waals surface area contributed by atoms with Gasteiger partial charge in [0.1, 0.15) is 11.8 Å². The summed E-state index contributed by atoms with van der Waals surface area (Å²) in [5.41, 5.74) is 6.54. The number of pyridine rings is 1. The Labute approximate surface area is 156 Å². The van der Waals surface area contributed by atoms with Gasteiger partial charge in [0.15, 0.2) is 0 Å². The first kappa shape index (κ1) is 15.6. The molecule has 0 saturated heterocycles. The van der Waals surface area contributed by atoms with Crippen LogP contribution in [0, 0.1) is 17.2 Å². The highest BCUT2D eigenvalue weighted by atomic mass is 15.0. The molecule has 1 aliphatic heterocycles. The Kier molecular flexibility index (Phi) is 3.44. The highest BCUT2D eigenvalue weighted by Gasteiger charge is 2.37. The van der Waals surface area contributed by atoms with Gasteiger partial charge in [-0.15, -0.1) is 0 Å². The Morgan fingerprint density at radius 3 is 3.04 bits per heavy atom. The molecular formula is C22H17N5. The molecule has 130 valence electrons. The van der Waals surface area contributed by atoms with Crippen molar-refractivity contribution in [1.82, 2.24) is 9.97 Å². The molecule has 0 amide bonds. The van der Waals surface area contributed by atoms with E-state index in [-0.39, 0.29) is 6.04 Å². The Morgan fingerprint density at radius 2 is 2.22 bits per heavy atom. The number of hydrogen-bond acceptors (Lipinski definition) is 4. The van der Waals surface area contributed by atoms with E-state index in [4.69, 9.17) is 10.3 Å². The number of anilines is 1. The van der Waals surface area contributed by atoms with Gasteiger partial charge >= 0.3 is 0 Å². The monoisotopic (exact) mass is 351 g/mol. The lowest BCUT2D eigenvalue weighted by molar-refractivity contribution is 0.995. The number of nitriles is 1. The lowest BCUT2D eigenvalue weighted by Crippen LogP contribution is -2.22. The van der Waals surface area contributed by atoms with Gasteiger partial charge in [0.05, 0.1) is 11.7 Å². The molecule has 5 nitrogen and oxygen atoms in total. The van der Waals surface area contributed by atoms with Crippen LogP contribution in [0.5, 0.6) is 0 Å². The molecular weight excluding hydrogens is 334 g/mol. The van der Waals surface area contributed by atoms with Crippen LogP contribution < -0.4 is 5.32 Å². The first-order valence-electron chi connectivity index (χ1n) is 8.90. The molecule has 1 aliphatic carbocycles. The maximum absolute atomic E-state index is 9.13. The van der Waals surface area contributed by atoms with Crippen LogP contribution in [-0.4, -0.2) is 21.7 Å². The van der Waals surface area contributed by atoms with Crippen LogP contribution in [0.1, 0.15) is 17.7 Å². The van der Waals surface area contributed by atoms with E-state index in [1.54, 1.807) is 12.3 Å². The van der Waals surface area contributed by atoms with Crippen molar-refractivity contribution in [2.45, 2.75) is 12.5 Å². The third-order valence-corrected chi connectivity index (χ3v) is 5.11. The highest BCUT2D eigenvalue weighted by molar-refractivity contribution is 6.06. The van der Waals surface area contributed by atoms with Crippen LogP contribution in [0.25, 0.3) is 16.5 Å². The van der Waals surface area contributed by atoms with Gasteiger partial charge in [0, 0.05) is 46.2 Å². The average molecular weight is 351 g/mol. The van der Waals surface area contributed by atoms with E-state index in [1.165, 1.54) is 5.71 Å². The number of nitrogens with one attached hydrogen (secondary N) is 2. The molecule has 1 fully saturated rings. The summed E-state index contributed by atoms with van der Waals surface area (Å²) in [4.78, 5) is 12.1. The van der Waals surface area contributed by atoms with Crippen molar-refractivity contribution in [2.24, 2.45) is 10.9 Å². The van der Waals surface area contributed by atoms with Crippen molar-refractivity contribution < 1.29 is 0 Å². The summed E-state index contributed by atoms with van der Waals surface area (Å²) < 4.78 is 0. The van der Waals surface area contributed by atoms with E-state index in [1.807, 2.05) is 24.4 Å². The third kappa shape index (κ3) is 2.72. The number of hydrogen-bond donors (Lipinski definition) is 2. The van der Waals surface area contributed by atoms with Crippen LogP contribution >= 0.6 is 0 Å². The predicted octanol–water partition coefficient (Wildman–Crippen LogP) is 4.29. The molecule has 0 spiro atoms. The number of para-hydroxylation sites is 1. The van der Waals surface area contributed by atoms with Crippen LogP contribution in [0.2, 0.25) is 0 Å². The fraction of sp³-hybridized carbons (Fsp3) is 0.136. The number of nitrogens with zero attached hydrogens (tertiary/aromatic N) is 3. The Bertz CT molecular complexity index is 1170. The van der Waals surface area contributed by atoms with E-state index in [2.05, 4.69) is 46.1 Å². The van der Waals surface area contributed by atoms with Crippen LogP contribution in [0.3, 0.4) is 0 Å². The molecule has 2 aromatic heterocycles. The smallest absolute Gasteiger partial charge is 0.142 e. The van der Waals surface area contributed by atoms with E-state index in [9.17, 15) is 0 Å². The Balaban J connectivity index is 1.54. The minimum absolute atomic E-state index is 0.168. The largest absolute Gasteiger partial charge is 0.373 e. The zero-order valence-corrected chi connectivity index (χ0v) is 14.6. The lowest BCUT2D eigenvalue weighted by atomic mass is 9.96. The van der Waals surface area contributed by atoms with Gasteiger partial charge in [0.25, 0.3) is 0 Å². The summed E-state index contributed by atoms with van der Waals surface area (Å²) >= 11 is 0. The maximum Gasteiger partial charge on any atom is 0.142 e. The van der Waals surface area contributed by atoms with Gasteiger partial charge in [-0.2, -0.15) is 5.26 Å². The number of rotatable bonds is 5. The van der Waals surface area contributed by atoms with Crippen LogP contribution in [0.4, 0.5) is 5.69 Å². The van der Waals surface area contributed by atoms with Crippen molar-refractivity contribution in [3.8, 4) is 6.07 Å². The van der Waals surface area contributed by atoms with Gasteiger partial charge in [-0.3, -0.25) is 4.99 Å². The summed E-state index contributed by atoms with van der Waals surface area (Å²) in [6, 6.07) is 13.7. The minimum Gasteiger partial charge on any atom is -0.373 e. The summed E-state index contributed by atoms with van der Waals surface area (Å²) in [5, 5.41) is 13.8. The lowest BCUT2D eigenvalue weighted by Gasteiger charge is -2.22. The second kappa shape index (κ2) is 5.96. The molecule has 1 aromatic carbocycles. The van der Waals surface area contributed by atoms with E-state index < -0.39 is 0 Å². The topological polar surface area (TPSA) is 76.9 Å². The third-order valence-electron chi connectivity index (χ3n) is 5.11. The average Bonchev–Trinajstić information content (AvgIpc) is 3.12. The van der Waals surface area contributed by atoms with E-state index >= 15 is 0 Å². The fourth-order valence-electron chi connectivity index (χ4n) is 3.60. The predicted molar refractivity (Wildman–Crippen MR) is 107 cm³/mol. The molecule has 5 rings (SSSR count). The molecule has 1 saturated carbocycles. The van der Waals surface area contributed by atoms with Gasteiger partial charge in [-0.05, 0) is 30.2 Å². The summed E-state index contributed by atoms with van der Waals surface area (Å²) in [6.07, 6.45) is 6.93. The van der Waals surface area contributed by atoms with Crippen molar-refractivity contribution in [2.75, 3.05) is 5.32 Å². The van der Waals surface area contributed by atoms with Gasteiger partial charge in [-0.25, -0.2) is 4.98 Å². The molecule has 2 unspecified atom stereocenters. The number of aliphatic imine (C=N–C) groups is 1. The highest BCUT2D eigenvalue weighted by Crippen LogP contribution is 2.40. The molecule has 27 heavy (non-hydrogen) atoms. The zero-order valence-electron chi connectivity index (χ0n) is 14.6. The molecule has 2 atom stereocenters. The number of benzene rings is 1. The van der Waals surface area contributed by atoms with Crippen molar-refractivity contribution in [3.63, 3.8) is 0 Å². The second-order valence-electron chi connectivity index (χ2n) is 6.90. The minimum atomic E-state index is -0.168. The Morgan fingerprint density at radius 1 is 1.33 bits per heavy atom. The van der Waals surface area contributed by atoms with Crippen LogP contribution in [0.15, 0.2) is 72.1 Å². The number of fused-ring (bicyclic) bond motifs is 2.